The number of amides is 3. The quantitative estimate of drug-likeness (QED) is 0.800. The molecule has 1 saturated heterocycles. The maximum atomic E-state index is 13.8. The van der Waals surface area contributed by atoms with E-state index < -0.39 is 23.7 Å². The van der Waals surface area contributed by atoms with Gasteiger partial charge in [-0.1, -0.05) is 23.7 Å². The van der Waals surface area contributed by atoms with Crippen LogP contribution in [0.4, 0.5) is 20.6 Å². The smallest absolute Gasteiger partial charge is 0.414 e. The zero-order valence-corrected chi connectivity index (χ0v) is 15.7. The van der Waals surface area contributed by atoms with E-state index in [1.54, 1.807) is 25.1 Å². The van der Waals surface area contributed by atoms with E-state index in [4.69, 9.17) is 16.3 Å². The molecule has 9 heteroatoms. The lowest BCUT2D eigenvalue weighted by Crippen LogP contribution is -2.33. The maximum absolute atomic E-state index is 13.8. The maximum Gasteiger partial charge on any atom is 0.414 e. The van der Waals surface area contributed by atoms with Gasteiger partial charge in [0.2, 0.25) is 5.91 Å². The van der Waals surface area contributed by atoms with Crippen LogP contribution in [0, 0.1) is 12.7 Å². The summed E-state index contributed by atoms with van der Waals surface area (Å²) in [7, 11) is 0. The lowest BCUT2D eigenvalue weighted by molar-refractivity contribution is -0.115. The molecule has 0 aliphatic carbocycles. The van der Waals surface area contributed by atoms with Crippen LogP contribution in [-0.2, 0) is 9.53 Å². The second-order valence-electron chi connectivity index (χ2n) is 6.04. The van der Waals surface area contributed by atoms with Crippen molar-refractivity contribution < 1.29 is 23.5 Å². The number of carbonyl (C=O) groups excluding carboxylic acids is 3. The molecule has 0 unspecified atom stereocenters. The second kappa shape index (κ2) is 8.26. The first-order valence-electron chi connectivity index (χ1n) is 8.44. The largest absolute Gasteiger partial charge is 0.447 e. The van der Waals surface area contributed by atoms with Gasteiger partial charge in [0.15, 0.2) is 0 Å². The number of carbonyl (C=O) groups is 3. The summed E-state index contributed by atoms with van der Waals surface area (Å²) in [6, 6.07) is 9.00. The lowest BCUT2D eigenvalue weighted by Gasteiger charge is -2.18. The molecule has 3 rings (SSSR count). The van der Waals surface area contributed by atoms with Gasteiger partial charge in [0, 0.05) is 5.69 Å². The molecular weight excluding hydrogens is 389 g/mol. The lowest BCUT2D eigenvalue weighted by atomic mass is 10.1. The van der Waals surface area contributed by atoms with Gasteiger partial charge in [-0.2, -0.15) is 0 Å². The van der Waals surface area contributed by atoms with Crippen molar-refractivity contribution in [3.8, 4) is 0 Å². The molecule has 0 spiro atoms. The fourth-order valence-corrected chi connectivity index (χ4v) is 3.07. The molecule has 7 nitrogen and oxygen atoms in total. The Morgan fingerprint density at radius 2 is 2.00 bits per heavy atom. The van der Waals surface area contributed by atoms with Crippen LogP contribution in [0.25, 0.3) is 0 Å². The predicted octanol–water partition coefficient (Wildman–Crippen LogP) is 3.11. The molecule has 1 heterocycles. The minimum atomic E-state index is -0.788. The third-order valence-corrected chi connectivity index (χ3v) is 4.55. The fourth-order valence-electron chi connectivity index (χ4n) is 2.82. The van der Waals surface area contributed by atoms with Gasteiger partial charge >= 0.3 is 6.09 Å². The standard InChI is InChI=1S/C19H17ClFN3O4/c1-11-14(6-3-7-15(11)24-8-9-28-19(24)27)23-16(25)10-22-18(26)17-12(20)4-2-5-13(17)21/h2-7H,8-10H2,1H3,(H,22,26)(H,23,25). The van der Waals surface area contributed by atoms with Crippen LogP contribution >= 0.6 is 11.6 Å². The van der Waals surface area contributed by atoms with E-state index in [-0.39, 0.29) is 17.1 Å². The molecule has 0 bridgehead atoms. The van der Waals surface area contributed by atoms with Gasteiger partial charge in [0.1, 0.15) is 12.4 Å². The number of benzene rings is 2. The Morgan fingerprint density at radius 1 is 1.25 bits per heavy atom. The van der Waals surface area contributed by atoms with E-state index >= 15 is 0 Å². The summed E-state index contributed by atoms with van der Waals surface area (Å²) in [5, 5.41) is 4.96. The van der Waals surface area contributed by atoms with E-state index in [1.807, 2.05) is 0 Å². The van der Waals surface area contributed by atoms with E-state index in [9.17, 15) is 18.8 Å². The predicted molar refractivity (Wildman–Crippen MR) is 102 cm³/mol. The zero-order chi connectivity index (χ0) is 20.3. The van der Waals surface area contributed by atoms with E-state index in [0.29, 0.717) is 30.1 Å². The van der Waals surface area contributed by atoms with Gasteiger partial charge in [-0.15, -0.1) is 0 Å². The molecule has 2 aromatic carbocycles. The number of rotatable bonds is 5. The van der Waals surface area contributed by atoms with Crippen LogP contribution in [0.15, 0.2) is 36.4 Å². The first kappa shape index (κ1) is 19.6. The number of ether oxygens (including phenoxy) is 1. The molecule has 0 aromatic heterocycles. The first-order valence-corrected chi connectivity index (χ1v) is 8.82. The van der Waals surface area contributed by atoms with Crippen molar-refractivity contribution in [1.29, 1.82) is 0 Å². The van der Waals surface area contributed by atoms with Crippen molar-refractivity contribution in [1.82, 2.24) is 5.32 Å². The van der Waals surface area contributed by atoms with Crippen molar-refractivity contribution in [2.75, 3.05) is 29.9 Å². The van der Waals surface area contributed by atoms with E-state index in [0.717, 1.165) is 6.07 Å². The topological polar surface area (TPSA) is 87.7 Å². The van der Waals surface area contributed by atoms with Gasteiger partial charge < -0.3 is 15.4 Å². The molecule has 0 saturated carbocycles. The Bertz CT molecular complexity index is 931. The number of nitrogens with one attached hydrogen (secondary N) is 2. The summed E-state index contributed by atoms with van der Waals surface area (Å²) in [5.74, 6) is -2.07. The number of hydrogen-bond acceptors (Lipinski definition) is 4. The summed E-state index contributed by atoms with van der Waals surface area (Å²) < 4.78 is 18.7. The van der Waals surface area contributed by atoms with Crippen LogP contribution in [0.3, 0.4) is 0 Å². The van der Waals surface area contributed by atoms with Gasteiger partial charge in [-0.05, 0) is 36.8 Å². The van der Waals surface area contributed by atoms with Crippen molar-refractivity contribution in [3.63, 3.8) is 0 Å². The van der Waals surface area contributed by atoms with Crippen LogP contribution in [0.5, 0.6) is 0 Å². The third kappa shape index (κ3) is 4.07. The average Bonchev–Trinajstić information content (AvgIpc) is 3.07. The number of hydrogen-bond donors (Lipinski definition) is 2. The molecule has 0 atom stereocenters. The minimum absolute atomic E-state index is 0.0426. The highest BCUT2D eigenvalue weighted by molar-refractivity contribution is 6.33. The second-order valence-corrected chi connectivity index (χ2v) is 6.45. The summed E-state index contributed by atoms with van der Waals surface area (Å²) in [6.45, 7) is 2.11. The van der Waals surface area contributed by atoms with Crippen molar-refractivity contribution in [3.05, 3.63) is 58.4 Å². The number of nitrogens with zero attached hydrogens (tertiary/aromatic N) is 1. The number of halogens is 2. The Hall–Kier alpha value is -3.13. The van der Waals surface area contributed by atoms with Gasteiger partial charge in [0.25, 0.3) is 5.91 Å². The third-order valence-electron chi connectivity index (χ3n) is 4.23. The van der Waals surface area contributed by atoms with E-state index in [2.05, 4.69) is 10.6 Å². The number of anilines is 2. The highest BCUT2D eigenvalue weighted by Gasteiger charge is 2.25. The molecule has 1 aliphatic heterocycles. The monoisotopic (exact) mass is 405 g/mol. The highest BCUT2D eigenvalue weighted by atomic mass is 35.5. The Labute approximate surface area is 165 Å². The fraction of sp³-hybridized carbons (Fsp3) is 0.211. The Morgan fingerprint density at radius 3 is 2.68 bits per heavy atom. The van der Waals surface area contributed by atoms with Crippen LogP contribution in [0.2, 0.25) is 5.02 Å². The van der Waals surface area contributed by atoms with Crippen molar-refractivity contribution in [2.45, 2.75) is 6.92 Å². The molecule has 1 aliphatic rings. The molecular formula is C19H17ClFN3O4. The summed E-state index contributed by atoms with van der Waals surface area (Å²) in [6.07, 6.45) is -0.444. The molecule has 146 valence electrons. The summed E-state index contributed by atoms with van der Waals surface area (Å²) in [4.78, 5) is 37.5. The molecule has 1 fully saturated rings. The average molecular weight is 406 g/mol. The van der Waals surface area contributed by atoms with Crippen LogP contribution in [-0.4, -0.2) is 37.6 Å². The van der Waals surface area contributed by atoms with Gasteiger partial charge in [-0.3, -0.25) is 14.5 Å². The molecule has 2 N–H and O–H groups in total. The van der Waals surface area contributed by atoms with Crippen molar-refractivity contribution >= 4 is 40.9 Å². The van der Waals surface area contributed by atoms with Crippen LogP contribution in [0.1, 0.15) is 15.9 Å². The minimum Gasteiger partial charge on any atom is -0.447 e. The Kier molecular flexibility index (Phi) is 5.79. The SMILES string of the molecule is Cc1c(NC(=O)CNC(=O)c2c(F)cccc2Cl)cccc1N1CCOC1=O. The number of cyclic esters (lactones) is 1. The summed E-state index contributed by atoms with van der Waals surface area (Å²) in [5.41, 5.74) is 1.48. The van der Waals surface area contributed by atoms with Crippen LogP contribution < -0.4 is 15.5 Å². The highest BCUT2D eigenvalue weighted by Crippen LogP contribution is 2.28. The molecule has 2 aromatic rings. The zero-order valence-electron chi connectivity index (χ0n) is 14.9. The summed E-state index contributed by atoms with van der Waals surface area (Å²) >= 11 is 5.84. The molecule has 28 heavy (non-hydrogen) atoms. The Balaban J connectivity index is 1.65. The molecule has 3 amide bonds. The van der Waals surface area contributed by atoms with Crippen molar-refractivity contribution in [2.24, 2.45) is 0 Å². The first-order chi connectivity index (χ1) is 13.4. The normalized spacial score (nSPS) is 13.2. The van der Waals surface area contributed by atoms with Gasteiger partial charge in [-0.25, -0.2) is 9.18 Å². The van der Waals surface area contributed by atoms with E-state index in [1.165, 1.54) is 17.0 Å². The van der Waals surface area contributed by atoms with Gasteiger partial charge in [0.05, 0.1) is 29.4 Å². The molecule has 0 radical (unpaired) electrons.